The minimum atomic E-state index is -0.617. The number of aromatic amines is 1. The minimum absolute atomic E-state index is 0.162. The molecule has 0 radical (unpaired) electrons. The fourth-order valence-corrected chi connectivity index (χ4v) is 3.81. The number of para-hydroxylation sites is 1. The maximum absolute atomic E-state index is 13.0. The van der Waals surface area contributed by atoms with Crippen LogP contribution in [0.25, 0.3) is 17.0 Å². The summed E-state index contributed by atoms with van der Waals surface area (Å²) in [7, 11) is 0. The number of nitrogens with one attached hydrogen (secondary N) is 3. The second-order valence-electron chi connectivity index (χ2n) is 8.29. The van der Waals surface area contributed by atoms with E-state index in [2.05, 4.69) is 16.4 Å². The Morgan fingerprint density at radius 3 is 2.66 bits per heavy atom. The molecule has 1 aromatic heterocycles. The Kier molecular flexibility index (Phi) is 7.60. The van der Waals surface area contributed by atoms with Crippen molar-refractivity contribution in [2.45, 2.75) is 19.4 Å². The van der Waals surface area contributed by atoms with Crippen molar-refractivity contribution in [2.75, 3.05) is 6.61 Å². The zero-order valence-corrected chi connectivity index (χ0v) is 19.3. The molecule has 1 heterocycles. The van der Waals surface area contributed by atoms with Crippen LogP contribution in [0.3, 0.4) is 0 Å². The fourth-order valence-electron chi connectivity index (χ4n) is 3.81. The zero-order valence-electron chi connectivity index (χ0n) is 19.3. The Balaban J connectivity index is 1.51. The number of fused-ring (bicyclic) bond motifs is 1. The molecular weight excluding hydrogens is 442 g/mol. The molecule has 178 valence electrons. The van der Waals surface area contributed by atoms with Crippen LogP contribution in [-0.4, -0.2) is 34.7 Å². The number of aryl methyl sites for hydroxylation is 1. The summed E-state index contributed by atoms with van der Waals surface area (Å²) in [6.45, 7) is 2.23. The summed E-state index contributed by atoms with van der Waals surface area (Å²) in [6, 6.07) is 22.4. The van der Waals surface area contributed by atoms with Crippen molar-refractivity contribution in [3.63, 3.8) is 0 Å². The molecule has 4 N–H and O–H groups in total. The lowest BCUT2D eigenvalue weighted by molar-refractivity contribution is -0.124. The van der Waals surface area contributed by atoms with Gasteiger partial charge < -0.3 is 15.0 Å². The number of amides is 2. The van der Waals surface area contributed by atoms with Gasteiger partial charge in [0.25, 0.3) is 11.8 Å². The maximum Gasteiger partial charge on any atom is 0.267 e. The lowest BCUT2D eigenvalue weighted by Gasteiger charge is -2.20. The van der Waals surface area contributed by atoms with Crippen molar-refractivity contribution in [3.8, 4) is 5.75 Å². The summed E-state index contributed by atoms with van der Waals surface area (Å²) in [5.41, 5.74) is 6.11. The number of carbonyl (C=O) groups is 2. The first-order chi connectivity index (χ1) is 17.0. The predicted octanol–water partition coefficient (Wildman–Crippen LogP) is 4.42. The maximum atomic E-state index is 13.0. The highest BCUT2D eigenvalue weighted by molar-refractivity contribution is 5.94. The molecule has 0 spiro atoms. The third-order valence-electron chi connectivity index (χ3n) is 5.64. The minimum Gasteiger partial charge on any atom is -0.491 e. The van der Waals surface area contributed by atoms with Crippen LogP contribution in [0.15, 0.2) is 85.1 Å². The van der Waals surface area contributed by atoms with E-state index in [0.29, 0.717) is 17.7 Å². The van der Waals surface area contributed by atoms with E-state index in [1.807, 2.05) is 73.8 Å². The van der Waals surface area contributed by atoms with Gasteiger partial charge in [0.2, 0.25) is 0 Å². The van der Waals surface area contributed by atoms with E-state index < -0.39 is 5.91 Å². The number of carbonyl (C=O) groups excluding carboxylic acids is 2. The largest absolute Gasteiger partial charge is 0.491 e. The fraction of sp³-hybridized carbons (Fsp3) is 0.143. The van der Waals surface area contributed by atoms with E-state index in [1.54, 1.807) is 17.6 Å². The van der Waals surface area contributed by atoms with Crippen LogP contribution < -0.4 is 15.5 Å². The number of H-pyrrole nitrogens is 1. The highest BCUT2D eigenvalue weighted by atomic mass is 16.5. The molecule has 0 unspecified atom stereocenters. The quantitative estimate of drug-likeness (QED) is 0.166. The number of hydrogen-bond donors (Lipinski definition) is 4. The molecule has 4 aromatic rings. The number of hydroxylamine groups is 1. The summed E-state index contributed by atoms with van der Waals surface area (Å²) < 4.78 is 6.05. The van der Waals surface area contributed by atoms with E-state index in [4.69, 9.17) is 9.94 Å². The molecule has 0 aliphatic heterocycles. The van der Waals surface area contributed by atoms with Crippen molar-refractivity contribution in [2.24, 2.45) is 0 Å². The number of hydrogen-bond acceptors (Lipinski definition) is 4. The van der Waals surface area contributed by atoms with Crippen molar-refractivity contribution in [1.82, 2.24) is 15.8 Å². The Bertz CT molecular complexity index is 1340. The summed E-state index contributed by atoms with van der Waals surface area (Å²) in [6.07, 6.45) is 5.34. The summed E-state index contributed by atoms with van der Waals surface area (Å²) in [4.78, 5) is 27.5. The number of aromatic nitrogens is 1. The molecule has 7 heteroatoms. The number of rotatable bonds is 9. The van der Waals surface area contributed by atoms with Gasteiger partial charge in [-0.15, -0.1) is 0 Å². The third-order valence-corrected chi connectivity index (χ3v) is 5.64. The first-order valence-electron chi connectivity index (χ1n) is 11.3. The first-order valence-corrected chi connectivity index (χ1v) is 11.3. The van der Waals surface area contributed by atoms with E-state index in [1.165, 1.54) is 6.08 Å². The molecule has 3 aromatic carbocycles. The Hall–Kier alpha value is -4.36. The second-order valence-corrected chi connectivity index (χ2v) is 8.29. The van der Waals surface area contributed by atoms with E-state index in [-0.39, 0.29) is 18.6 Å². The predicted molar refractivity (Wildman–Crippen MR) is 135 cm³/mol. The number of benzene rings is 3. The molecule has 0 fully saturated rings. The summed E-state index contributed by atoms with van der Waals surface area (Å²) in [5, 5.41) is 12.9. The van der Waals surface area contributed by atoms with Crippen LogP contribution in [0.4, 0.5) is 0 Å². The first kappa shape index (κ1) is 23.8. The van der Waals surface area contributed by atoms with Gasteiger partial charge in [-0.25, -0.2) is 5.48 Å². The van der Waals surface area contributed by atoms with Gasteiger partial charge in [0.15, 0.2) is 0 Å². The molecule has 2 amide bonds. The van der Waals surface area contributed by atoms with Gasteiger partial charge in [-0.1, -0.05) is 48.0 Å². The highest BCUT2D eigenvalue weighted by Crippen LogP contribution is 2.20. The van der Waals surface area contributed by atoms with Gasteiger partial charge in [0.05, 0.1) is 6.04 Å². The summed E-state index contributed by atoms with van der Waals surface area (Å²) in [5.74, 6) is -0.177. The van der Waals surface area contributed by atoms with Crippen LogP contribution >= 0.6 is 0 Å². The van der Waals surface area contributed by atoms with Gasteiger partial charge in [-0.05, 0) is 60.9 Å². The van der Waals surface area contributed by atoms with Crippen molar-refractivity contribution in [1.29, 1.82) is 0 Å². The average Bonchev–Trinajstić information content (AvgIpc) is 3.29. The standard InChI is InChI=1S/C28H27N3O4/c1-19-9-12-21(13-10-19)28(33)30-23(16-22-17-29-26-8-3-2-7-25(22)26)18-35-24-6-4-5-20(15-24)11-14-27(32)31-34/h2-15,17,23,29,34H,16,18H2,1H3,(H,30,33)(H,31,32)/b14-11+/t23-/m0/s1. The molecule has 4 rings (SSSR count). The van der Waals surface area contributed by atoms with Gasteiger partial charge in [-0.3, -0.25) is 14.8 Å². The Morgan fingerprint density at radius 1 is 1.06 bits per heavy atom. The van der Waals surface area contributed by atoms with Gasteiger partial charge in [-0.2, -0.15) is 0 Å². The van der Waals surface area contributed by atoms with Crippen molar-refractivity contribution in [3.05, 3.63) is 107 Å². The van der Waals surface area contributed by atoms with Crippen molar-refractivity contribution >= 4 is 28.8 Å². The van der Waals surface area contributed by atoms with E-state index in [0.717, 1.165) is 27.6 Å². The Morgan fingerprint density at radius 2 is 1.86 bits per heavy atom. The molecule has 0 saturated carbocycles. The molecule has 7 nitrogen and oxygen atoms in total. The molecule has 0 saturated heterocycles. The van der Waals surface area contributed by atoms with E-state index in [9.17, 15) is 9.59 Å². The summed E-state index contributed by atoms with van der Waals surface area (Å²) >= 11 is 0. The van der Waals surface area contributed by atoms with Gasteiger partial charge in [0.1, 0.15) is 12.4 Å². The topological polar surface area (TPSA) is 103 Å². The highest BCUT2D eigenvalue weighted by Gasteiger charge is 2.17. The molecule has 0 aliphatic carbocycles. The molecule has 35 heavy (non-hydrogen) atoms. The smallest absolute Gasteiger partial charge is 0.267 e. The van der Waals surface area contributed by atoms with Crippen LogP contribution in [0.5, 0.6) is 5.75 Å². The monoisotopic (exact) mass is 469 g/mol. The molecule has 0 bridgehead atoms. The Labute approximate surface area is 203 Å². The second kappa shape index (κ2) is 11.2. The molecular formula is C28H27N3O4. The zero-order chi connectivity index (χ0) is 24.6. The number of ether oxygens (including phenoxy) is 1. The van der Waals surface area contributed by atoms with Crippen LogP contribution in [-0.2, 0) is 11.2 Å². The normalized spacial score (nSPS) is 11.9. The molecule has 1 atom stereocenters. The molecule has 0 aliphatic rings. The lowest BCUT2D eigenvalue weighted by atomic mass is 10.0. The van der Waals surface area contributed by atoms with Crippen LogP contribution in [0.2, 0.25) is 0 Å². The average molecular weight is 470 g/mol. The lowest BCUT2D eigenvalue weighted by Crippen LogP contribution is -2.40. The third kappa shape index (κ3) is 6.37. The van der Waals surface area contributed by atoms with Crippen molar-refractivity contribution < 1.29 is 19.5 Å². The van der Waals surface area contributed by atoms with Crippen LogP contribution in [0.1, 0.15) is 27.0 Å². The SMILES string of the molecule is Cc1ccc(C(=O)N[C@H](COc2cccc(/C=C/C(=O)NO)c2)Cc2c[nH]c3ccccc23)cc1. The van der Waals surface area contributed by atoms with Crippen LogP contribution in [0, 0.1) is 6.92 Å². The van der Waals surface area contributed by atoms with E-state index >= 15 is 0 Å². The van der Waals surface area contributed by atoms with Gasteiger partial charge in [0, 0.05) is 28.7 Å². The van der Waals surface area contributed by atoms with Gasteiger partial charge >= 0.3 is 0 Å².